The third-order valence-corrected chi connectivity index (χ3v) is 1.97. The minimum absolute atomic E-state index is 0.117. The fraction of sp³-hybridized carbons (Fsp3) is 0.889. The number of carbonyl (C=O) groups excluding carboxylic acids is 1. The molecule has 0 heterocycles. The first kappa shape index (κ1) is 11.3. The molecule has 0 aromatic heterocycles. The summed E-state index contributed by atoms with van der Waals surface area (Å²) < 4.78 is 0. The standard InChI is InChI=1S/C9H20N2O/c1-5-7-8-11(4)9(12)10(3)6-2/h5-8H2,1-4H3. The van der Waals surface area contributed by atoms with Crippen LogP contribution in [0.1, 0.15) is 26.7 Å². The summed E-state index contributed by atoms with van der Waals surface area (Å²) in [7, 11) is 3.68. The van der Waals surface area contributed by atoms with Crippen LogP contribution in [0, 0.1) is 0 Å². The first-order valence-corrected chi connectivity index (χ1v) is 4.59. The van der Waals surface area contributed by atoms with Crippen molar-refractivity contribution < 1.29 is 4.79 Å². The molecule has 0 bridgehead atoms. The van der Waals surface area contributed by atoms with Crippen molar-refractivity contribution in [3.8, 4) is 0 Å². The van der Waals surface area contributed by atoms with E-state index < -0.39 is 0 Å². The first-order valence-electron chi connectivity index (χ1n) is 4.59. The molecule has 0 aliphatic heterocycles. The summed E-state index contributed by atoms with van der Waals surface area (Å²) in [5.41, 5.74) is 0. The van der Waals surface area contributed by atoms with Gasteiger partial charge in [-0.3, -0.25) is 0 Å². The average Bonchev–Trinajstić information content (AvgIpc) is 2.11. The number of hydrogen-bond donors (Lipinski definition) is 0. The maximum atomic E-state index is 11.4. The molecule has 3 heteroatoms. The maximum Gasteiger partial charge on any atom is 0.319 e. The lowest BCUT2D eigenvalue weighted by Gasteiger charge is -2.23. The normalized spacial score (nSPS) is 9.67. The van der Waals surface area contributed by atoms with Crippen molar-refractivity contribution in [1.82, 2.24) is 9.80 Å². The molecule has 3 nitrogen and oxygen atoms in total. The summed E-state index contributed by atoms with van der Waals surface area (Å²) in [6.07, 6.45) is 2.22. The monoisotopic (exact) mass is 172 g/mol. The maximum absolute atomic E-state index is 11.4. The van der Waals surface area contributed by atoms with Gasteiger partial charge >= 0.3 is 6.03 Å². The van der Waals surface area contributed by atoms with Crippen molar-refractivity contribution in [1.29, 1.82) is 0 Å². The Balaban J connectivity index is 3.75. The van der Waals surface area contributed by atoms with Crippen molar-refractivity contribution in [3.63, 3.8) is 0 Å². The van der Waals surface area contributed by atoms with Crippen LogP contribution < -0.4 is 0 Å². The summed E-state index contributed by atoms with van der Waals surface area (Å²) in [5, 5.41) is 0. The molecule has 0 unspecified atom stereocenters. The molecule has 0 aromatic carbocycles. The Bertz CT molecular complexity index is 136. The lowest BCUT2D eigenvalue weighted by Crippen LogP contribution is -2.38. The number of nitrogens with zero attached hydrogens (tertiary/aromatic N) is 2. The van der Waals surface area contributed by atoms with Gasteiger partial charge in [0.15, 0.2) is 0 Å². The molecular weight excluding hydrogens is 152 g/mol. The minimum Gasteiger partial charge on any atom is -0.328 e. The van der Waals surface area contributed by atoms with Crippen LogP contribution >= 0.6 is 0 Å². The molecule has 0 rings (SSSR count). The quantitative estimate of drug-likeness (QED) is 0.634. The molecule has 72 valence electrons. The second-order valence-electron chi connectivity index (χ2n) is 3.07. The molecule has 0 aliphatic carbocycles. The Morgan fingerprint density at radius 3 is 2.17 bits per heavy atom. The van der Waals surface area contributed by atoms with E-state index in [1.165, 1.54) is 0 Å². The van der Waals surface area contributed by atoms with E-state index in [9.17, 15) is 4.79 Å². The van der Waals surface area contributed by atoms with Crippen LogP contribution in [0.15, 0.2) is 0 Å². The lowest BCUT2D eigenvalue weighted by atomic mass is 10.3. The zero-order valence-corrected chi connectivity index (χ0v) is 8.63. The van der Waals surface area contributed by atoms with E-state index in [2.05, 4.69) is 6.92 Å². The van der Waals surface area contributed by atoms with E-state index >= 15 is 0 Å². The van der Waals surface area contributed by atoms with Crippen molar-refractivity contribution >= 4 is 6.03 Å². The second-order valence-corrected chi connectivity index (χ2v) is 3.07. The van der Waals surface area contributed by atoms with Gasteiger partial charge in [0, 0.05) is 27.2 Å². The molecule has 0 spiro atoms. The molecule has 12 heavy (non-hydrogen) atoms. The molecule has 0 radical (unpaired) electrons. The highest BCUT2D eigenvalue weighted by atomic mass is 16.2. The zero-order chi connectivity index (χ0) is 9.56. The first-order chi connectivity index (χ1) is 5.63. The summed E-state index contributed by atoms with van der Waals surface area (Å²) in [5.74, 6) is 0. The third-order valence-electron chi connectivity index (χ3n) is 1.97. The second kappa shape index (κ2) is 5.86. The fourth-order valence-corrected chi connectivity index (χ4v) is 0.918. The SMILES string of the molecule is CCCCN(C)C(=O)N(C)CC. The molecule has 0 saturated carbocycles. The number of unbranched alkanes of at least 4 members (excludes halogenated alkanes) is 1. The Morgan fingerprint density at radius 2 is 1.75 bits per heavy atom. The number of carbonyl (C=O) groups is 1. The zero-order valence-electron chi connectivity index (χ0n) is 8.63. The van der Waals surface area contributed by atoms with E-state index in [1.807, 2.05) is 21.0 Å². The molecule has 2 amide bonds. The molecular formula is C9H20N2O. The third kappa shape index (κ3) is 3.60. The highest BCUT2D eigenvalue weighted by Crippen LogP contribution is 1.96. The highest BCUT2D eigenvalue weighted by molar-refractivity contribution is 5.73. The van der Waals surface area contributed by atoms with Crippen molar-refractivity contribution in [2.24, 2.45) is 0 Å². The molecule has 0 fully saturated rings. The van der Waals surface area contributed by atoms with Crippen LogP contribution in [-0.2, 0) is 0 Å². The van der Waals surface area contributed by atoms with Crippen LogP contribution in [-0.4, -0.2) is 43.0 Å². The van der Waals surface area contributed by atoms with Crippen molar-refractivity contribution in [3.05, 3.63) is 0 Å². The predicted octanol–water partition coefficient (Wildman–Crippen LogP) is 1.79. The molecule has 0 aliphatic rings. The Kier molecular flexibility index (Phi) is 5.51. The largest absolute Gasteiger partial charge is 0.328 e. The molecule has 0 saturated heterocycles. The van der Waals surface area contributed by atoms with Gasteiger partial charge in [-0.05, 0) is 13.3 Å². The molecule has 0 N–H and O–H groups in total. The van der Waals surface area contributed by atoms with E-state index in [0.717, 1.165) is 25.9 Å². The van der Waals surface area contributed by atoms with Crippen LogP contribution in [0.5, 0.6) is 0 Å². The van der Waals surface area contributed by atoms with Gasteiger partial charge in [-0.15, -0.1) is 0 Å². The van der Waals surface area contributed by atoms with Gasteiger partial charge in [0.1, 0.15) is 0 Å². The number of hydrogen-bond acceptors (Lipinski definition) is 1. The van der Waals surface area contributed by atoms with Gasteiger partial charge in [-0.25, -0.2) is 4.79 Å². The van der Waals surface area contributed by atoms with Gasteiger partial charge in [-0.2, -0.15) is 0 Å². The average molecular weight is 172 g/mol. The van der Waals surface area contributed by atoms with E-state index in [1.54, 1.807) is 9.80 Å². The van der Waals surface area contributed by atoms with Crippen LogP contribution in [0.25, 0.3) is 0 Å². The lowest BCUT2D eigenvalue weighted by molar-refractivity contribution is 0.175. The van der Waals surface area contributed by atoms with Crippen molar-refractivity contribution in [2.45, 2.75) is 26.7 Å². The number of amides is 2. The summed E-state index contributed by atoms with van der Waals surface area (Å²) in [4.78, 5) is 14.9. The van der Waals surface area contributed by atoms with Gasteiger partial charge in [0.2, 0.25) is 0 Å². The van der Waals surface area contributed by atoms with E-state index in [-0.39, 0.29) is 6.03 Å². The summed E-state index contributed by atoms with van der Waals surface area (Å²) in [6, 6.07) is 0.117. The van der Waals surface area contributed by atoms with Crippen LogP contribution in [0.4, 0.5) is 4.79 Å². The minimum atomic E-state index is 0.117. The van der Waals surface area contributed by atoms with Crippen molar-refractivity contribution in [2.75, 3.05) is 27.2 Å². The Morgan fingerprint density at radius 1 is 1.17 bits per heavy atom. The Hall–Kier alpha value is -0.730. The van der Waals surface area contributed by atoms with Gasteiger partial charge in [-0.1, -0.05) is 13.3 Å². The van der Waals surface area contributed by atoms with Crippen LogP contribution in [0.2, 0.25) is 0 Å². The topological polar surface area (TPSA) is 23.6 Å². The summed E-state index contributed by atoms with van der Waals surface area (Å²) >= 11 is 0. The van der Waals surface area contributed by atoms with E-state index in [4.69, 9.17) is 0 Å². The van der Waals surface area contributed by atoms with Gasteiger partial charge < -0.3 is 9.80 Å². The predicted molar refractivity (Wildman–Crippen MR) is 51.2 cm³/mol. The number of rotatable bonds is 4. The van der Waals surface area contributed by atoms with Crippen LogP contribution in [0.3, 0.4) is 0 Å². The van der Waals surface area contributed by atoms with Gasteiger partial charge in [0.05, 0.1) is 0 Å². The smallest absolute Gasteiger partial charge is 0.319 e. The molecule has 0 aromatic rings. The highest BCUT2D eigenvalue weighted by Gasteiger charge is 2.10. The summed E-state index contributed by atoms with van der Waals surface area (Å²) in [6.45, 7) is 5.74. The Labute approximate surface area is 75.3 Å². The molecule has 0 atom stereocenters. The van der Waals surface area contributed by atoms with E-state index in [0.29, 0.717) is 0 Å². The van der Waals surface area contributed by atoms with Gasteiger partial charge in [0.25, 0.3) is 0 Å². The number of urea groups is 1. The fourth-order valence-electron chi connectivity index (χ4n) is 0.918.